The number of hydrazine groups is 1. The van der Waals surface area contributed by atoms with Crippen molar-refractivity contribution in [2.24, 2.45) is 5.84 Å². The number of nitrogens with two attached hydrogens (primary N) is 1. The van der Waals surface area contributed by atoms with E-state index in [1.165, 1.54) is 12.4 Å². The van der Waals surface area contributed by atoms with E-state index in [2.05, 4.69) is 26.3 Å². The number of rotatable bonds is 4. The van der Waals surface area contributed by atoms with Gasteiger partial charge in [-0.3, -0.25) is 15.2 Å². The molecule has 2 aromatic rings. The Hall–Kier alpha value is -2.54. The summed E-state index contributed by atoms with van der Waals surface area (Å²) in [6.07, 6.45) is 9.69. The predicted molar refractivity (Wildman–Crippen MR) is 77.1 cm³/mol. The number of nitrogen functional groups attached to an aromatic ring is 1. The lowest BCUT2D eigenvalue weighted by Crippen LogP contribution is -2.42. The zero-order valence-electron chi connectivity index (χ0n) is 11.4. The molecule has 0 aromatic carbocycles. The molecule has 4 N–H and O–H groups in total. The number of carbonyl (C=O) groups is 1. The summed E-state index contributed by atoms with van der Waals surface area (Å²) in [5, 5.41) is 3.37. The number of nitrogens with zero attached hydrogens (tertiary/aromatic N) is 3. The van der Waals surface area contributed by atoms with Gasteiger partial charge in [0, 0.05) is 24.8 Å². The van der Waals surface area contributed by atoms with Crippen LogP contribution in [0.2, 0.25) is 0 Å². The first-order valence-corrected chi connectivity index (χ1v) is 6.75. The van der Waals surface area contributed by atoms with Crippen molar-refractivity contribution in [3.8, 4) is 0 Å². The fourth-order valence-electron chi connectivity index (χ4n) is 2.47. The maximum Gasteiger partial charge on any atom is 0.268 e. The standard InChI is InChI=1S/C14H16N6O/c15-20-12(21)10-7-17-13(18-8-10)19-14(4-2-5-14)11-3-1-6-16-9-11/h1,3,6-9H,2,4-5,15H2,(H,20,21)(H,17,18,19). The van der Waals surface area contributed by atoms with Crippen molar-refractivity contribution in [1.29, 1.82) is 0 Å². The minimum Gasteiger partial charge on any atom is -0.345 e. The predicted octanol–water partition coefficient (Wildman–Crippen LogP) is 0.966. The second kappa shape index (κ2) is 5.45. The van der Waals surface area contributed by atoms with Gasteiger partial charge in [-0.2, -0.15) is 0 Å². The molecule has 7 heteroatoms. The van der Waals surface area contributed by atoms with Gasteiger partial charge in [0.2, 0.25) is 5.95 Å². The second-order valence-corrected chi connectivity index (χ2v) is 5.07. The molecule has 108 valence electrons. The Balaban J connectivity index is 1.80. The summed E-state index contributed by atoms with van der Waals surface area (Å²) in [4.78, 5) is 23.9. The zero-order valence-corrected chi connectivity index (χ0v) is 11.4. The maximum absolute atomic E-state index is 11.4. The van der Waals surface area contributed by atoms with Crippen molar-refractivity contribution < 1.29 is 4.79 Å². The normalized spacial score (nSPS) is 15.9. The van der Waals surface area contributed by atoms with Crippen LogP contribution in [0.4, 0.5) is 5.95 Å². The van der Waals surface area contributed by atoms with Gasteiger partial charge in [0.15, 0.2) is 0 Å². The molecule has 3 rings (SSSR count). The number of carbonyl (C=O) groups excluding carboxylic acids is 1. The van der Waals surface area contributed by atoms with Gasteiger partial charge in [0.25, 0.3) is 5.91 Å². The topological polar surface area (TPSA) is 106 Å². The van der Waals surface area contributed by atoms with Crippen LogP contribution in [0, 0.1) is 0 Å². The number of hydrogen-bond acceptors (Lipinski definition) is 6. The Morgan fingerprint density at radius 3 is 2.52 bits per heavy atom. The Bertz CT molecular complexity index is 624. The molecule has 7 nitrogen and oxygen atoms in total. The third kappa shape index (κ3) is 2.55. The molecule has 21 heavy (non-hydrogen) atoms. The molecule has 0 atom stereocenters. The number of nitrogens with one attached hydrogen (secondary N) is 2. The Kier molecular flexibility index (Phi) is 3.49. The molecule has 1 aliphatic rings. The highest BCUT2D eigenvalue weighted by Crippen LogP contribution is 2.43. The molecule has 2 heterocycles. The monoisotopic (exact) mass is 284 g/mol. The Morgan fingerprint density at radius 2 is 2.00 bits per heavy atom. The molecule has 0 aliphatic heterocycles. The van der Waals surface area contributed by atoms with Crippen LogP contribution in [0.15, 0.2) is 36.9 Å². The molecule has 1 amide bonds. The van der Waals surface area contributed by atoms with Crippen molar-refractivity contribution in [3.63, 3.8) is 0 Å². The first kappa shape index (κ1) is 13.4. The van der Waals surface area contributed by atoms with Gasteiger partial charge in [-0.1, -0.05) is 6.07 Å². The van der Waals surface area contributed by atoms with E-state index >= 15 is 0 Å². The molecular formula is C14H16N6O. The Labute approximate surface area is 122 Å². The number of hydrogen-bond donors (Lipinski definition) is 3. The second-order valence-electron chi connectivity index (χ2n) is 5.07. The average molecular weight is 284 g/mol. The SMILES string of the molecule is NNC(=O)c1cnc(NC2(c3cccnc3)CCC2)nc1. The summed E-state index contributed by atoms with van der Waals surface area (Å²) in [6, 6.07) is 3.97. The number of pyridine rings is 1. The van der Waals surface area contributed by atoms with E-state index in [1.54, 1.807) is 6.20 Å². The van der Waals surface area contributed by atoms with Crippen LogP contribution >= 0.6 is 0 Å². The molecule has 0 unspecified atom stereocenters. The van der Waals surface area contributed by atoms with Crippen LogP contribution in [0.1, 0.15) is 35.2 Å². The van der Waals surface area contributed by atoms with Crippen molar-refractivity contribution >= 4 is 11.9 Å². The van der Waals surface area contributed by atoms with E-state index in [0.717, 1.165) is 24.8 Å². The highest BCUT2D eigenvalue weighted by Gasteiger charge is 2.39. The highest BCUT2D eigenvalue weighted by molar-refractivity contribution is 5.93. The van der Waals surface area contributed by atoms with Crippen LogP contribution < -0.4 is 16.6 Å². The largest absolute Gasteiger partial charge is 0.345 e. The Morgan fingerprint density at radius 1 is 1.24 bits per heavy atom. The minimum atomic E-state index is -0.410. The first-order chi connectivity index (χ1) is 10.2. The molecule has 0 saturated heterocycles. The summed E-state index contributed by atoms with van der Waals surface area (Å²) in [6.45, 7) is 0. The fourth-order valence-corrected chi connectivity index (χ4v) is 2.47. The molecule has 0 bridgehead atoms. The number of aromatic nitrogens is 3. The smallest absolute Gasteiger partial charge is 0.268 e. The quantitative estimate of drug-likeness (QED) is 0.439. The van der Waals surface area contributed by atoms with E-state index < -0.39 is 5.91 Å². The maximum atomic E-state index is 11.4. The van der Waals surface area contributed by atoms with E-state index in [9.17, 15) is 4.79 Å². The first-order valence-electron chi connectivity index (χ1n) is 6.75. The van der Waals surface area contributed by atoms with Crippen molar-refractivity contribution in [3.05, 3.63) is 48.0 Å². The van der Waals surface area contributed by atoms with Gasteiger partial charge in [-0.15, -0.1) is 0 Å². The van der Waals surface area contributed by atoms with Crippen LogP contribution in [0.25, 0.3) is 0 Å². The van der Waals surface area contributed by atoms with Gasteiger partial charge >= 0.3 is 0 Å². The molecule has 1 aliphatic carbocycles. The van der Waals surface area contributed by atoms with Crippen molar-refractivity contribution in [1.82, 2.24) is 20.4 Å². The summed E-state index contributed by atoms with van der Waals surface area (Å²) >= 11 is 0. The molecular weight excluding hydrogens is 268 g/mol. The van der Waals surface area contributed by atoms with E-state index in [0.29, 0.717) is 11.5 Å². The lowest BCUT2D eigenvalue weighted by Gasteiger charge is -2.42. The summed E-state index contributed by atoms with van der Waals surface area (Å²) in [5.74, 6) is 5.16. The third-order valence-electron chi connectivity index (χ3n) is 3.82. The van der Waals surface area contributed by atoms with Crippen LogP contribution in [-0.2, 0) is 5.54 Å². The van der Waals surface area contributed by atoms with Gasteiger partial charge in [-0.25, -0.2) is 15.8 Å². The lowest BCUT2D eigenvalue weighted by molar-refractivity contribution is 0.0953. The summed E-state index contributed by atoms with van der Waals surface area (Å²) < 4.78 is 0. The summed E-state index contributed by atoms with van der Waals surface area (Å²) in [5.41, 5.74) is 3.34. The zero-order chi connectivity index (χ0) is 14.7. The summed E-state index contributed by atoms with van der Waals surface area (Å²) in [7, 11) is 0. The minimum absolute atomic E-state index is 0.161. The van der Waals surface area contributed by atoms with Gasteiger partial charge in [0.1, 0.15) is 0 Å². The number of amides is 1. The van der Waals surface area contributed by atoms with Crippen LogP contribution in [-0.4, -0.2) is 20.9 Å². The van der Waals surface area contributed by atoms with Crippen molar-refractivity contribution in [2.45, 2.75) is 24.8 Å². The average Bonchev–Trinajstić information content (AvgIpc) is 2.51. The van der Waals surface area contributed by atoms with E-state index in [-0.39, 0.29) is 5.54 Å². The van der Waals surface area contributed by atoms with Crippen LogP contribution in [0.5, 0.6) is 0 Å². The third-order valence-corrected chi connectivity index (χ3v) is 3.82. The molecule has 0 spiro atoms. The molecule has 2 aromatic heterocycles. The van der Waals surface area contributed by atoms with Crippen LogP contribution in [0.3, 0.4) is 0 Å². The lowest BCUT2D eigenvalue weighted by atomic mass is 9.72. The van der Waals surface area contributed by atoms with E-state index in [4.69, 9.17) is 5.84 Å². The van der Waals surface area contributed by atoms with Gasteiger partial charge in [-0.05, 0) is 30.9 Å². The highest BCUT2D eigenvalue weighted by atomic mass is 16.2. The van der Waals surface area contributed by atoms with E-state index in [1.807, 2.05) is 17.7 Å². The van der Waals surface area contributed by atoms with Gasteiger partial charge in [0.05, 0.1) is 11.1 Å². The number of anilines is 1. The molecule has 0 radical (unpaired) electrons. The van der Waals surface area contributed by atoms with Crippen molar-refractivity contribution in [2.75, 3.05) is 5.32 Å². The van der Waals surface area contributed by atoms with Gasteiger partial charge < -0.3 is 5.32 Å². The fraction of sp³-hybridized carbons (Fsp3) is 0.286. The molecule has 1 fully saturated rings. The molecule has 1 saturated carbocycles.